The van der Waals surface area contributed by atoms with Crippen molar-refractivity contribution in [1.29, 1.82) is 0 Å². The molecule has 0 bridgehead atoms. The van der Waals surface area contributed by atoms with Crippen LogP contribution in [0.3, 0.4) is 0 Å². The molecule has 0 N–H and O–H groups in total. The van der Waals surface area contributed by atoms with Gasteiger partial charge in [-0.1, -0.05) is 140 Å². The van der Waals surface area contributed by atoms with Gasteiger partial charge in [-0.2, -0.15) is 0 Å². The van der Waals surface area contributed by atoms with E-state index in [-0.39, 0.29) is 0 Å². The average molecular weight is 550 g/mol. The highest BCUT2D eigenvalue weighted by molar-refractivity contribution is 5.87. The van der Waals surface area contributed by atoms with E-state index < -0.39 is 0 Å². The van der Waals surface area contributed by atoms with Gasteiger partial charge >= 0.3 is 0 Å². The molecule has 7 aromatic carbocycles. The Kier molecular flexibility index (Phi) is 7.36. The van der Waals surface area contributed by atoms with Crippen LogP contribution in [0.25, 0.3) is 45.8 Å². The summed E-state index contributed by atoms with van der Waals surface area (Å²) in [5.41, 5.74) is 8.09. The minimum absolute atomic E-state index is 1.12. The Bertz CT molecular complexity index is 1920. The first kappa shape index (κ1) is 26.3. The molecule has 43 heavy (non-hydrogen) atoms. The van der Waals surface area contributed by atoms with Gasteiger partial charge in [-0.25, -0.2) is 0 Å². The van der Waals surface area contributed by atoms with Crippen molar-refractivity contribution in [2.24, 2.45) is 0 Å². The van der Waals surface area contributed by atoms with Crippen LogP contribution in [0.15, 0.2) is 164 Å². The molecule has 0 aliphatic rings. The lowest BCUT2D eigenvalue weighted by molar-refractivity contribution is 1.28. The van der Waals surface area contributed by atoms with Crippen LogP contribution in [-0.2, 0) is 0 Å². The van der Waals surface area contributed by atoms with Gasteiger partial charge in [0.1, 0.15) is 0 Å². The first-order valence-electron chi connectivity index (χ1n) is 14.7. The number of anilines is 3. The van der Waals surface area contributed by atoms with Gasteiger partial charge in [0, 0.05) is 17.1 Å². The molecule has 204 valence electrons. The van der Waals surface area contributed by atoms with E-state index in [1.54, 1.807) is 0 Å². The number of nitrogens with zero attached hydrogens (tertiary/aromatic N) is 1. The highest BCUT2D eigenvalue weighted by Crippen LogP contribution is 2.35. The Morgan fingerprint density at radius 2 is 0.628 bits per heavy atom. The molecule has 0 saturated carbocycles. The molecule has 0 fully saturated rings. The van der Waals surface area contributed by atoms with E-state index in [1.807, 2.05) is 0 Å². The van der Waals surface area contributed by atoms with Crippen LogP contribution < -0.4 is 4.90 Å². The maximum atomic E-state index is 2.30. The Morgan fingerprint density at radius 1 is 0.279 bits per heavy atom. The maximum absolute atomic E-state index is 2.30. The number of hydrogen-bond acceptors (Lipinski definition) is 1. The van der Waals surface area contributed by atoms with Gasteiger partial charge in [-0.3, -0.25) is 0 Å². The summed E-state index contributed by atoms with van der Waals surface area (Å²) < 4.78 is 0. The Hall–Kier alpha value is -5.66. The monoisotopic (exact) mass is 549 g/mol. The normalized spacial score (nSPS) is 11.5. The molecule has 1 nitrogen and oxygen atoms in total. The third-order valence-corrected chi connectivity index (χ3v) is 7.80. The molecule has 0 atom stereocenters. The fourth-order valence-electron chi connectivity index (χ4n) is 5.50. The summed E-state index contributed by atoms with van der Waals surface area (Å²) in [6, 6.07) is 58.2. The van der Waals surface area contributed by atoms with E-state index in [0.29, 0.717) is 0 Å². The molecule has 0 aromatic heterocycles. The fourth-order valence-corrected chi connectivity index (χ4v) is 5.50. The first-order chi connectivity index (χ1) is 21.3. The van der Waals surface area contributed by atoms with Crippen LogP contribution in [-0.4, -0.2) is 0 Å². The molecule has 0 aliphatic carbocycles. The van der Waals surface area contributed by atoms with E-state index in [0.717, 1.165) is 17.1 Å². The highest BCUT2D eigenvalue weighted by atomic mass is 15.1. The van der Waals surface area contributed by atoms with Crippen molar-refractivity contribution >= 4 is 62.9 Å². The second-order valence-corrected chi connectivity index (χ2v) is 10.7. The average Bonchev–Trinajstić information content (AvgIpc) is 3.08. The van der Waals surface area contributed by atoms with Gasteiger partial charge in [0.25, 0.3) is 0 Å². The van der Waals surface area contributed by atoms with Gasteiger partial charge in [-0.15, -0.1) is 0 Å². The molecule has 0 aliphatic heterocycles. The summed E-state index contributed by atoms with van der Waals surface area (Å²) in [5, 5.41) is 5.04. The maximum Gasteiger partial charge on any atom is 0.0462 e. The van der Waals surface area contributed by atoms with Crippen molar-refractivity contribution < 1.29 is 0 Å². The Labute approximate surface area is 253 Å². The second-order valence-electron chi connectivity index (χ2n) is 10.7. The number of fused-ring (bicyclic) bond motifs is 2. The van der Waals surface area contributed by atoms with Gasteiger partial charge in [0.15, 0.2) is 0 Å². The van der Waals surface area contributed by atoms with Crippen molar-refractivity contribution in [3.63, 3.8) is 0 Å². The van der Waals surface area contributed by atoms with Crippen LogP contribution in [0.2, 0.25) is 0 Å². The summed E-state index contributed by atoms with van der Waals surface area (Å²) >= 11 is 0. The van der Waals surface area contributed by atoms with Crippen molar-refractivity contribution in [2.45, 2.75) is 0 Å². The van der Waals surface area contributed by atoms with Gasteiger partial charge in [0.2, 0.25) is 0 Å². The molecule has 0 radical (unpaired) electrons. The number of para-hydroxylation sites is 1. The van der Waals surface area contributed by atoms with Crippen LogP contribution in [0.5, 0.6) is 0 Å². The quantitative estimate of drug-likeness (QED) is 0.179. The topological polar surface area (TPSA) is 3.24 Å². The van der Waals surface area contributed by atoms with Crippen molar-refractivity contribution in [2.75, 3.05) is 4.90 Å². The molecule has 0 amide bonds. The number of hydrogen-bond donors (Lipinski definition) is 0. The largest absolute Gasteiger partial charge is 0.311 e. The van der Waals surface area contributed by atoms with E-state index in [1.165, 1.54) is 43.8 Å². The van der Waals surface area contributed by atoms with Crippen molar-refractivity contribution in [3.05, 3.63) is 186 Å². The Balaban J connectivity index is 1.12. The molecule has 0 heterocycles. The van der Waals surface area contributed by atoms with Crippen LogP contribution in [0.4, 0.5) is 17.1 Å². The molecular weight excluding hydrogens is 518 g/mol. The predicted octanol–water partition coefficient (Wildman–Crippen LogP) is 11.8. The smallest absolute Gasteiger partial charge is 0.0462 e. The van der Waals surface area contributed by atoms with Crippen molar-refractivity contribution in [1.82, 2.24) is 0 Å². The van der Waals surface area contributed by atoms with Crippen LogP contribution >= 0.6 is 0 Å². The zero-order valence-electron chi connectivity index (χ0n) is 23.8. The minimum atomic E-state index is 1.12. The second kappa shape index (κ2) is 12.1. The number of benzene rings is 7. The van der Waals surface area contributed by atoms with E-state index in [9.17, 15) is 0 Å². The molecule has 0 spiro atoms. The Morgan fingerprint density at radius 3 is 1.09 bits per heavy atom. The molecule has 7 rings (SSSR count). The van der Waals surface area contributed by atoms with Crippen LogP contribution in [0, 0.1) is 0 Å². The summed E-state index contributed by atoms with van der Waals surface area (Å²) in [6.07, 6.45) is 8.72. The lowest BCUT2D eigenvalue weighted by Crippen LogP contribution is -2.09. The third-order valence-electron chi connectivity index (χ3n) is 7.80. The molecular formula is C42H31N. The summed E-state index contributed by atoms with van der Waals surface area (Å²) in [6.45, 7) is 0. The van der Waals surface area contributed by atoms with Crippen LogP contribution in [0.1, 0.15) is 22.3 Å². The molecule has 0 saturated heterocycles. The van der Waals surface area contributed by atoms with E-state index in [2.05, 4.69) is 193 Å². The predicted molar refractivity (Wildman–Crippen MR) is 187 cm³/mol. The van der Waals surface area contributed by atoms with Crippen molar-refractivity contribution in [3.8, 4) is 0 Å². The summed E-state index contributed by atoms with van der Waals surface area (Å²) in [5.74, 6) is 0. The summed E-state index contributed by atoms with van der Waals surface area (Å²) in [4.78, 5) is 2.30. The van der Waals surface area contributed by atoms with Gasteiger partial charge < -0.3 is 4.90 Å². The lowest BCUT2D eigenvalue weighted by atomic mass is 10.1. The zero-order valence-corrected chi connectivity index (χ0v) is 23.8. The number of rotatable bonds is 7. The van der Waals surface area contributed by atoms with E-state index in [4.69, 9.17) is 0 Å². The first-order valence-corrected chi connectivity index (χ1v) is 14.7. The highest BCUT2D eigenvalue weighted by Gasteiger charge is 2.12. The summed E-state index contributed by atoms with van der Waals surface area (Å²) in [7, 11) is 0. The van der Waals surface area contributed by atoms with Gasteiger partial charge in [0.05, 0.1) is 0 Å². The molecule has 0 unspecified atom stereocenters. The lowest BCUT2D eigenvalue weighted by Gasteiger charge is -2.25. The standard InChI is InChI=1S/C42H31N/c1-2-12-40(13-3-1)43(41-26-20-32(21-27-41)14-16-34-18-24-36-8-4-6-10-38(36)30-34)42-28-22-33(23-29-42)15-17-35-19-25-37-9-5-7-11-39(37)31-35/h1-31H/b16-14+,17-15+. The minimum Gasteiger partial charge on any atom is -0.311 e. The SMILES string of the molecule is C(=C\c1ccc2ccccc2c1)/c1ccc(N(c2ccccc2)c2ccc(/C=C/c3ccc4ccccc4c3)cc2)cc1. The fraction of sp³-hybridized carbons (Fsp3) is 0. The zero-order chi connectivity index (χ0) is 28.8. The van der Waals surface area contributed by atoms with E-state index >= 15 is 0 Å². The molecule has 1 heteroatoms. The molecule has 7 aromatic rings. The third kappa shape index (κ3) is 6.02. The van der Waals surface area contributed by atoms with Gasteiger partial charge in [-0.05, 0) is 92.3 Å².